The van der Waals surface area contributed by atoms with Crippen LogP contribution in [0.25, 0.3) is 10.9 Å². The van der Waals surface area contributed by atoms with Crippen LogP contribution in [0, 0.1) is 11.3 Å². The van der Waals surface area contributed by atoms with E-state index >= 15 is 0 Å². The molecule has 5 rings (SSSR count). The molecule has 2 aliphatic rings. The SMILES string of the molecule is C[C@@H]1CN(c2ccc(C#N)c3ncccc23)C[C@@H]2CCN(Cc3cnc(Cl)nc3)CCN21. The van der Waals surface area contributed by atoms with Crippen molar-refractivity contribution >= 4 is 28.2 Å². The summed E-state index contributed by atoms with van der Waals surface area (Å²) in [6.07, 6.45) is 6.52. The number of hydrogen-bond acceptors (Lipinski definition) is 7. The van der Waals surface area contributed by atoms with Gasteiger partial charge in [-0.15, -0.1) is 0 Å². The molecule has 0 aliphatic carbocycles. The van der Waals surface area contributed by atoms with Crippen molar-refractivity contribution in [2.75, 3.05) is 37.6 Å². The Balaban J connectivity index is 1.34. The molecule has 164 valence electrons. The molecule has 2 aliphatic heterocycles. The number of piperazine rings is 1. The van der Waals surface area contributed by atoms with Crippen molar-refractivity contribution in [2.24, 2.45) is 0 Å². The Labute approximate surface area is 193 Å². The van der Waals surface area contributed by atoms with E-state index in [-0.39, 0.29) is 0 Å². The van der Waals surface area contributed by atoms with E-state index in [1.165, 1.54) is 5.69 Å². The van der Waals surface area contributed by atoms with Gasteiger partial charge in [0.2, 0.25) is 5.28 Å². The van der Waals surface area contributed by atoms with E-state index in [1.807, 2.05) is 24.5 Å². The average molecular weight is 448 g/mol. The first-order valence-electron chi connectivity index (χ1n) is 11.1. The lowest BCUT2D eigenvalue weighted by atomic mass is 10.0. The fourth-order valence-electron chi connectivity index (χ4n) is 5.14. The van der Waals surface area contributed by atoms with E-state index in [9.17, 15) is 5.26 Å². The zero-order valence-electron chi connectivity index (χ0n) is 18.2. The van der Waals surface area contributed by atoms with Crippen LogP contribution in [0.4, 0.5) is 5.69 Å². The topological polar surface area (TPSA) is 72.2 Å². The first kappa shape index (κ1) is 21.1. The van der Waals surface area contributed by atoms with Gasteiger partial charge in [0.25, 0.3) is 0 Å². The molecule has 2 saturated heterocycles. The molecule has 2 atom stereocenters. The molecule has 0 amide bonds. The summed E-state index contributed by atoms with van der Waals surface area (Å²) in [5, 5.41) is 10.8. The summed E-state index contributed by atoms with van der Waals surface area (Å²) in [7, 11) is 0. The minimum atomic E-state index is 0.293. The summed E-state index contributed by atoms with van der Waals surface area (Å²) in [5.41, 5.74) is 3.70. The van der Waals surface area contributed by atoms with Gasteiger partial charge < -0.3 is 4.90 Å². The number of anilines is 1. The molecule has 7 nitrogen and oxygen atoms in total. The van der Waals surface area contributed by atoms with Crippen molar-refractivity contribution in [3.63, 3.8) is 0 Å². The lowest BCUT2D eigenvalue weighted by Gasteiger charge is -2.46. The highest BCUT2D eigenvalue weighted by molar-refractivity contribution is 6.28. The monoisotopic (exact) mass is 447 g/mol. The summed E-state index contributed by atoms with van der Waals surface area (Å²) in [6.45, 7) is 8.26. The molecule has 2 aromatic heterocycles. The summed E-state index contributed by atoms with van der Waals surface area (Å²) >= 11 is 5.83. The Kier molecular flexibility index (Phi) is 5.92. The fraction of sp³-hybridized carbons (Fsp3) is 0.417. The Morgan fingerprint density at radius 1 is 1.09 bits per heavy atom. The van der Waals surface area contributed by atoms with Crippen LogP contribution in [0.1, 0.15) is 24.5 Å². The van der Waals surface area contributed by atoms with Gasteiger partial charge in [0.05, 0.1) is 11.1 Å². The van der Waals surface area contributed by atoms with E-state index < -0.39 is 0 Å². The van der Waals surface area contributed by atoms with Gasteiger partial charge in [0.15, 0.2) is 0 Å². The third-order valence-electron chi connectivity index (χ3n) is 6.69. The summed E-state index contributed by atoms with van der Waals surface area (Å²) in [5.74, 6) is 0. The van der Waals surface area contributed by atoms with E-state index in [1.54, 1.807) is 6.20 Å². The average Bonchev–Trinajstić information content (AvgIpc) is 3.02. The summed E-state index contributed by atoms with van der Waals surface area (Å²) in [4.78, 5) is 20.4. The Hall–Kier alpha value is -2.79. The number of fused-ring (bicyclic) bond motifs is 2. The third-order valence-corrected chi connectivity index (χ3v) is 6.89. The van der Waals surface area contributed by atoms with Gasteiger partial charge in [-0.3, -0.25) is 14.8 Å². The zero-order chi connectivity index (χ0) is 22.1. The summed E-state index contributed by atoms with van der Waals surface area (Å²) < 4.78 is 0. The molecular formula is C24H26ClN7. The van der Waals surface area contributed by atoms with Crippen molar-refractivity contribution in [2.45, 2.75) is 32.0 Å². The second-order valence-electron chi connectivity index (χ2n) is 8.71. The number of nitrogens with zero attached hydrogens (tertiary/aromatic N) is 7. The molecule has 0 bridgehead atoms. The molecular weight excluding hydrogens is 422 g/mol. The zero-order valence-corrected chi connectivity index (χ0v) is 18.9. The first-order valence-corrected chi connectivity index (χ1v) is 11.5. The van der Waals surface area contributed by atoms with Gasteiger partial charge in [-0.05, 0) is 49.2 Å². The van der Waals surface area contributed by atoms with E-state index in [0.717, 1.165) is 62.2 Å². The number of nitriles is 1. The molecule has 0 spiro atoms. The Morgan fingerprint density at radius 2 is 1.94 bits per heavy atom. The largest absolute Gasteiger partial charge is 0.368 e. The molecule has 4 heterocycles. The fourth-order valence-corrected chi connectivity index (χ4v) is 5.23. The van der Waals surface area contributed by atoms with Gasteiger partial charge in [-0.1, -0.05) is 0 Å². The van der Waals surface area contributed by atoms with Crippen LogP contribution >= 0.6 is 11.6 Å². The van der Waals surface area contributed by atoms with Crippen LogP contribution in [0.5, 0.6) is 0 Å². The van der Waals surface area contributed by atoms with E-state index in [0.29, 0.717) is 22.9 Å². The highest BCUT2D eigenvalue weighted by atomic mass is 35.5. The van der Waals surface area contributed by atoms with Crippen LogP contribution in [-0.4, -0.2) is 69.6 Å². The van der Waals surface area contributed by atoms with Gasteiger partial charge in [-0.25, -0.2) is 9.97 Å². The molecule has 0 saturated carbocycles. The number of halogens is 1. The number of hydrogen-bond donors (Lipinski definition) is 0. The maximum Gasteiger partial charge on any atom is 0.222 e. The molecule has 3 aromatic rings. The van der Waals surface area contributed by atoms with Gasteiger partial charge >= 0.3 is 0 Å². The van der Waals surface area contributed by atoms with Gasteiger partial charge in [-0.2, -0.15) is 5.26 Å². The highest BCUT2D eigenvalue weighted by Crippen LogP contribution is 2.32. The maximum absolute atomic E-state index is 9.48. The van der Waals surface area contributed by atoms with E-state index in [4.69, 9.17) is 11.6 Å². The van der Waals surface area contributed by atoms with Crippen molar-refractivity contribution in [1.29, 1.82) is 5.26 Å². The van der Waals surface area contributed by atoms with Crippen LogP contribution < -0.4 is 4.90 Å². The third kappa shape index (κ3) is 4.14. The van der Waals surface area contributed by atoms with Crippen molar-refractivity contribution in [3.05, 3.63) is 59.3 Å². The predicted molar refractivity (Wildman–Crippen MR) is 126 cm³/mol. The quantitative estimate of drug-likeness (QED) is 0.570. The molecule has 0 radical (unpaired) electrons. The van der Waals surface area contributed by atoms with Gasteiger partial charge in [0, 0.05) is 86.6 Å². The van der Waals surface area contributed by atoms with Crippen LogP contribution in [0.2, 0.25) is 5.28 Å². The maximum atomic E-state index is 9.48. The predicted octanol–water partition coefficient (Wildman–Crippen LogP) is 3.33. The molecule has 32 heavy (non-hydrogen) atoms. The minimum Gasteiger partial charge on any atom is -0.368 e. The molecule has 1 aromatic carbocycles. The second-order valence-corrected chi connectivity index (χ2v) is 9.05. The van der Waals surface area contributed by atoms with Crippen molar-refractivity contribution < 1.29 is 0 Å². The van der Waals surface area contributed by atoms with Crippen LogP contribution in [-0.2, 0) is 6.54 Å². The van der Waals surface area contributed by atoms with Crippen LogP contribution in [0.3, 0.4) is 0 Å². The number of rotatable bonds is 3. The van der Waals surface area contributed by atoms with Gasteiger partial charge in [0.1, 0.15) is 6.07 Å². The van der Waals surface area contributed by atoms with Crippen molar-refractivity contribution in [1.82, 2.24) is 24.8 Å². The first-order chi connectivity index (χ1) is 15.6. The number of benzene rings is 1. The van der Waals surface area contributed by atoms with Crippen molar-refractivity contribution in [3.8, 4) is 6.07 Å². The second kappa shape index (κ2) is 8.99. The lowest BCUT2D eigenvalue weighted by Crippen LogP contribution is -2.58. The molecule has 0 unspecified atom stereocenters. The molecule has 2 fully saturated rings. The number of pyridine rings is 1. The molecule has 8 heteroatoms. The number of aromatic nitrogens is 3. The van der Waals surface area contributed by atoms with E-state index in [2.05, 4.69) is 54.8 Å². The Morgan fingerprint density at radius 3 is 2.75 bits per heavy atom. The summed E-state index contributed by atoms with van der Waals surface area (Å²) in [6, 6.07) is 11.3. The Bertz CT molecular complexity index is 1140. The smallest absolute Gasteiger partial charge is 0.222 e. The lowest BCUT2D eigenvalue weighted by molar-refractivity contribution is 0.127. The van der Waals surface area contributed by atoms with Crippen LogP contribution in [0.15, 0.2) is 42.9 Å². The minimum absolute atomic E-state index is 0.293. The normalized spacial score (nSPS) is 22.3. The molecule has 0 N–H and O–H groups in total. The highest BCUT2D eigenvalue weighted by Gasteiger charge is 2.34. The standard InChI is InChI=1S/C24H26ClN7/c1-17-14-31(22-5-4-19(11-26)23-21(22)3-2-7-27-23)16-20-6-8-30(9-10-32(17)20)15-18-12-28-24(25)29-13-18/h2-5,7,12-13,17,20H,6,8-10,14-16H2,1H3/t17-,20+/m1/s1.